The van der Waals surface area contributed by atoms with Crippen LogP contribution in [0.1, 0.15) is 32.6 Å². The second kappa shape index (κ2) is 5.15. The molecule has 0 aromatic heterocycles. The molecule has 2 rings (SSSR count). The molecular formula is C14H19NO. The Hall–Kier alpha value is -1.31. The van der Waals surface area contributed by atoms with E-state index in [2.05, 4.69) is 17.4 Å². The standard InChI is InChI=1S/C14H19NO/c1-11(16)13-9-5-6-10-14(13)15-12-7-3-2-4-8-12/h2-4,7-8,13-15H,5-6,9-10H2,1H3. The fourth-order valence-electron chi connectivity index (χ4n) is 2.54. The maximum Gasteiger partial charge on any atom is 0.134 e. The van der Waals surface area contributed by atoms with Gasteiger partial charge in [-0.05, 0) is 31.9 Å². The normalized spacial score (nSPS) is 25.1. The van der Waals surface area contributed by atoms with E-state index in [9.17, 15) is 4.79 Å². The minimum Gasteiger partial charge on any atom is -0.382 e. The first-order chi connectivity index (χ1) is 7.77. The second-order valence-corrected chi connectivity index (χ2v) is 4.62. The quantitative estimate of drug-likeness (QED) is 0.842. The van der Waals surface area contributed by atoms with Gasteiger partial charge in [-0.1, -0.05) is 31.0 Å². The molecule has 2 heteroatoms. The smallest absolute Gasteiger partial charge is 0.134 e. The molecule has 1 aliphatic rings. The molecule has 0 heterocycles. The molecule has 0 saturated heterocycles. The lowest BCUT2D eigenvalue weighted by Crippen LogP contribution is -2.36. The number of carbonyl (C=O) groups is 1. The number of nitrogens with one attached hydrogen (secondary N) is 1. The minimum atomic E-state index is 0.203. The Bertz CT molecular complexity index is 347. The average Bonchev–Trinajstić information content (AvgIpc) is 2.31. The van der Waals surface area contributed by atoms with Crippen molar-refractivity contribution >= 4 is 11.5 Å². The van der Waals surface area contributed by atoms with Crippen molar-refractivity contribution in [3.05, 3.63) is 30.3 Å². The number of hydrogen-bond donors (Lipinski definition) is 1. The van der Waals surface area contributed by atoms with Crippen molar-refractivity contribution in [2.45, 2.75) is 38.6 Å². The zero-order valence-electron chi connectivity index (χ0n) is 9.78. The third-order valence-corrected chi connectivity index (χ3v) is 3.41. The van der Waals surface area contributed by atoms with E-state index in [-0.39, 0.29) is 5.92 Å². The van der Waals surface area contributed by atoms with Crippen LogP contribution in [0, 0.1) is 5.92 Å². The Morgan fingerprint density at radius 1 is 1.19 bits per heavy atom. The van der Waals surface area contributed by atoms with Crippen LogP contribution in [-0.2, 0) is 4.79 Å². The van der Waals surface area contributed by atoms with Gasteiger partial charge < -0.3 is 5.32 Å². The van der Waals surface area contributed by atoms with E-state index in [0.717, 1.165) is 18.5 Å². The fraction of sp³-hybridized carbons (Fsp3) is 0.500. The van der Waals surface area contributed by atoms with Crippen LogP contribution in [-0.4, -0.2) is 11.8 Å². The Kier molecular flexibility index (Phi) is 3.60. The molecule has 1 aliphatic carbocycles. The van der Waals surface area contributed by atoms with Crippen molar-refractivity contribution < 1.29 is 4.79 Å². The summed E-state index contributed by atoms with van der Waals surface area (Å²) in [6, 6.07) is 10.5. The number of benzene rings is 1. The van der Waals surface area contributed by atoms with Crippen molar-refractivity contribution in [2.75, 3.05) is 5.32 Å². The number of hydrogen-bond acceptors (Lipinski definition) is 2. The maximum absolute atomic E-state index is 11.6. The Labute approximate surface area is 97.1 Å². The third-order valence-electron chi connectivity index (χ3n) is 3.41. The molecule has 2 atom stereocenters. The van der Waals surface area contributed by atoms with Gasteiger partial charge in [0.25, 0.3) is 0 Å². The van der Waals surface area contributed by atoms with Crippen LogP contribution in [0.25, 0.3) is 0 Å². The summed E-state index contributed by atoms with van der Waals surface area (Å²) >= 11 is 0. The second-order valence-electron chi connectivity index (χ2n) is 4.62. The van der Waals surface area contributed by atoms with Gasteiger partial charge in [-0.15, -0.1) is 0 Å². The number of para-hydroxylation sites is 1. The van der Waals surface area contributed by atoms with E-state index in [1.165, 1.54) is 12.8 Å². The van der Waals surface area contributed by atoms with Gasteiger partial charge in [0.05, 0.1) is 0 Å². The molecule has 86 valence electrons. The van der Waals surface area contributed by atoms with Gasteiger partial charge >= 0.3 is 0 Å². The number of ketones is 1. The van der Waals surface area contributed by atoms with Crippen LogP contribution in [0.5, 0.6) is 0 Å². The minimum absolute atomic E-state index is 0.203. The molecule has 0 aliphatic heterocycles. The first-order valence-electron chi connectivity index (χ1n) is 6.09. The summed E-state index contributed by atoms with van der Waals surface area (Å²) in [5.41, 5.74) is 1.13. The van der Waals surface area contributed by atoms with Crippen LogP contribution >= 0.6 is 0 Å². The summed E-state index contributed by atoms with van der Waals surface area (Å²) in [7, 11) is 0. The molecule has 16 heavy (non-hydrogen) atoms. The number of anilines is 1. The van der Waals surface area contributed by atoms with Gasteiger partial charge in [-0.25, -0.2) is 0 Å². The molecule has 0 amide bonds. The monoisotopic (exact) mass is 217 g/mol. The summed E-state index contributed by atoms with van der Waals surface area (Å²) in [5.74, 6) is 0.530. The van der Waals surface area contributed by atoms with Gasteiger partial charge in [0.2, 0.25) is 0 Å². The topological polar surface area (TPSA) is 29.1 Å². The van der Waals surface area contributed by atoms with Gasteiger partial charge in [-0.2, -0.15) is 0 Å². The van der Waals surface area contributed by atoms with Crippen LogP contribution in [0.4, 0.5) is 5.69 Å². The highest BCUT2D eigenvalue weighted by Gasteiger charge is 2.28. The van der Waals surface area contributed by atoms with E-state index in [4.69, 9.17) is 0 Å². The molecule has 2 unspecified atom stereocenters. The average molecular weight is 217 g/mol. The van der Waals surface area contributed by atoms with Gasteiger partial charge in [0.15, 0.2) is 0 Å². The largest absolute Gasteiger partial charge is 0.382 e. The van der Waals surface area contributed by atoms with Crippen molar-refractivity contribution in [2.24, 2.45) is 5.92 Å². The highest BCUT2D eigenvalue weighted by atomic mass is 16.1. The molecular weight excluding hydrogens is 198 g/mol. The lowest BCUT2D eigenvalue weighted by Gasteiger charge is -2.31. The number of rotatable bonds is 3. The third kappa shape index (κ3) is 2.63. The molecule has 1 N–H and O–H groups in total. The molecule has 2 nitrogen and oxygen atoms in total. The van der Waals surface area contributed by atoms with E-state index >= 15 is 0 Å². The molecule has 0 bridgehead atoms. The van der Waals surface area contributed by atoms with Crippen molar-refractivity contribution in [3.8, 4) is 0 Å². The number of carbonyl (C=O) groups excluding carboxylic acids is 1. The Morgan fingerprint density at radius 3 is 2.56 bits per heavy atom. The lowest BCUT2D eigenvalue weighted by atomic mass is 9.82. The first kappa shape index (κ1) is 11.2. The van der Waals surface area contributed by atoms with Crippen LogP contribution < -0.4 is 5.32 Å². The van der Waals surface area contributed by atoms with Crippen molar-refractivity contribution in [1.29, 1.82) is 0 Å². The Balaban J connectivity index is 2.04. The van der Waals surface area contributed by atoms with Gasteiger partial charge in [0, 0.05) is 17.6 Å². The Morgan fingerprint density at radius 2 is 1.88 bits per heavy atom. The zero-order chi connectivity index (χ0) is 11.4. The molecule has 0 radical (unpaired) electrons. The van der Waals surface area contributed by atoms with Gasteiger partial charge in [0.1, 0.15) is 5.78 Å². The maximum atomic E-state index is 11.6. The van der Waals surface area contributed by atoms with Gasteiger partial charge in [-0.3, -0.25) is 4.79 Å². The molecule has 1 saturated carbocycles. The SMILES string of the molecule is CC(=O)C1CCCCC1Nc1ccccc1. The summed E-state index contributed by atoms with van der Waals surface area (Å²) in [5, 5.41) is 3.49. The summed E-state index contributed by atoms with van der Waals surface area (Å²) in [6.45, 7) is 1.72. The highest BCUT2D eigenvalue weighted by molar-refractivity contribution is 5.79. The summed E-state index contributed by atoms with van der Waals surface area (Å²) in [6.07, 6.45) is 4.57. The van der Waals surface area contributed by atoms with Crippen LogP contribution in [0.3, 0.4) is 0 Å². The van der Waals surface area contributed by atoms with E-state index < -0.39 is 0 Å². The molecule has 1 aromatic carbocycles. The molecule has 1 fully saturated rings. The number of Topliss-reactive ketones (excluding diaryl/α,β-unsaturated/α-hetero) is 1. The predicted octanol–water partition coefficient (Wildman–Crippen LogP) is 3.25. The summed E-state index contributed by atoms with van der Waals surface area (Å²) < 4.78 is 0. The fourth-order valence-corrected chi connectivity index (χ4v) is 2.54. The predicted molar refractivity (Wildman–Crippen MR) is 66.5 cm³/mol. The lowest BCUT2D eigenvalue weighted by molar-refractivity contribution is -0.121. The molecule has 1 aromatic rings. The van der Waals surface area contributed by atoms with Crippen LogP contribution in [0.2, 0.25) is 0 Å². The first-order valence-corrected chi connectivity index (χ1v) is 6.09. The van der Waals surface area contributed by atoms with E-state index in [0.29, 0.717) is 11.8 Å². The molecule has 0 spiro atoms. The van der Waals surface area contributed by atoms with Crippen molar-refractivity contribution in [3.63, 3.8) is 0 Å². The highest BCUT2D eigenvalue weighted by Crippen LogP contribution is 2.27. The summed E-state index contributed by atoms with van der Waals surface area (Å²) in [4.78, 5) is 11.6. The zero-order valence-corrected chi connectivity index (χ0v) is 9.78. The van der Waals surface area contributed by atoms with Crippen molar-refractivity contribution in [1.82, 2.24) is 0 Å². The van der Waals surface area contributed by atoms with Crippen LogP contribution in [0.15, 0.2) is 30.3 Å². The van der Waals surface area contributed by atoms with E-state index in [1.54, 1.807) is 6.92 Å². The van der Waals surface area contributed by atoms with E-state index in [1.807, 2.05) is 18.2 Å².